The van der Waals surface area contributed by atoms with E-state index < -0.39 is 0 Å². The molecule has 0 heterocycles. The van der Waals surface area contributed by atoms with Crippen LogP contribution in [-0.4, -0.2) is 11.8 Å². The van der Waals surface area contributed by atoms with E-state index in [1.54, 1.807) is 24.3 Å². The Labute approximate surface area is 109 Å². The fraction of sp³-hybridized carbons (Fsp3) is 0.467. The monoisotopic (exact) mass is 247 g/mol. The summed E-state index contributed by atoms with van der Waals surface area (Å²) >= 11 is 0. The lowest BCUT2D eigenvalue weighted by Gasteiger charge is -2.04. The molecule has 3 nitrogen and oxygen atoms in total. The molecule has 0 aromatic heterocycles. The molecule has 0 saturated heterocycles. The summed E-state index contributed by atoms with van der Waals surface area (Å²) < 4.78 is 0. The summed E-state index contributed by atoms with van der Waals surface area (Å²) in [6.45, 7) is 2.16. The van der Waals surface area contributed by atoms with Crippen LogP contribution in [0.1, 0.15) is 55.8 Å². The molecule has 0 fully saturated rings. The van der Waals surface area contributed by atoms with Gasteiger partial charge in [-0.2, -0.15) is 0 Å². The average Bonchev–Trinajstić information content (AvgIpc) is 2.39. The summed E-state index contributed by atoms with van der Waals surface area (Å²) in [5, 5.41) is 2.41. The zero-order valence-corrected chi connectivity index (χ0v) is 10.9. The van der Waals surface area contributed by atoms with E-state index in [9.17, 15) is 9.59 Å². The standard InChI is InChI=1S/C15H21NO2/c1-2-3-4-5-9-12-14(17)16-15(18)13-10-7-6-8-11-13/h6-8,10-11H,2-5,9,12H2,1H3,(H,16,17,18). The van der Waals surface area contributed by atoms with Crippen LogP contribution in [0, 0.1) is 0 Å². The van der Waals surface area contributed by atoms with E-state index in [1.807, 2.05) is 6.07 Å². The molecule has 0 atom stereocenters. The van der Waals surface area contributed by atoms with Gasteiger partial charge in [0.15, 0.2) is 0 Å². The Morgan fingerprint density at radius 3 is 2.33 bits per heavy atom. The number of nitrogens with one attached hydrogen (secondary N) is 1. The van der Waals surface area contributed by atoms with Gasteiger partial charge in [-0.3, -0.25) is 14.9 Å². The molecule has 0 aliphatic heterocycles. The van der Waals surface area contributed by atoms with E-state index >= 15 is 0 Å². The molecular weight excluding hydrogens is 226 g/mol. The Hall–Kier alpha value is -1.64. The SMILES string of the molecule is CCCCCCCC(=O)NC(=O)c1ccccc1. The lowest BCUT2D eigenvalue weighted by Crippen LogP contribution is -2.30. The maximum Gasteiger partial charge on any atom is 0.257 e. The van der Waals surface area contributed by atoms with Crippen LogP contribution in [0.4, 0.5) is 0 Å². The van der Waals surface area contributed by atoms with Crippen molar-refractivity contribution in [1.82, 2.24) is 5.32 Å². The first-order chi connectivity index (χ1) is 8.74. The van der Waals surface area contributed by atoms with Crippen molar-refractivity contribution in [3.63, 3.8) is 0 Å². The summed E-state index contributed by atoms with van der Waals surface area (Å²) in [7, 11) is 0. The van der Waals surface area contributed by atoms with Crippen LogP contribution in [0.2, 0.25) is 0 Å². The highest BCUT2D eigenvalue weighted by Crippen LogP contribution is 2.05. The highest BCUT2D eigenvalue weighted by atomic mass is 16.2. The molecule has 1 rings (SSSR count). The summed E-state index contributed by atoms with van der Waals surface area (Å²) in [5.74, 6) is -0.491. The first-order valence-electron chi connectivity index (χ1n) is 6.63. The van der Waals surface area contributed by atoms with Crippen molar-refractivity contribution in [3.8, 4) is 0 Å². The molecule has 0 spiro atoms. The predicted octanol–water partition coefficient (Wildman–Crippen LogP) is 3.30. The summed E-state index contributed by atoms with van der Waals surface area (Å²) in [5.41, 5.74) is 0.525. The topological polar surface area (TPSA) is 46.2 Å². The molecule has 98 valence electrons. The predicted molar refractivity (Wildman–Crippen MR) is 72.3 cm³/mol. The number of amides is 2. The van der Waals surface area contributed by atoms with Gasteiger partial charge in [0, 0.05) is 12.0 Å². The van der Waals surface area contributed by atoms with Gasteiger partial charge in [-0.15, -0.1) is 0 Å². The molecular formula is C15H21NO2. The summed E-state index contributed by atoms with van der Waals surface area (Å²) in [4.78, 5) is 23.2. The Balaban J connectivity index is 2.22. The van der Waals surface area contributed by atoms with E-state index in [2.05, 4.69) is 12.2 Å². The van der Waals surface area contributed by atoms with Gasteiger partial charge in [0.1, 0.15) is 0 Å². The zero-order valence-electron chi connectivity index (χ0n) is 10.9. The highest BCUT2D eigenvalue weighted by Gasteiger charge is 2.08. The highest BCUT2D eigenvalue weighted by molar-refractivity contribution is 6.04. The number of carbonyl (C=O) groups is 2. The number of carbonyl (C=O) groups excluding carboxylic acids is 2. The number of hydrogen-bond acceptors (Lipinski definition) is 2. The molecule has 18 heavy (non-hydrogen) atoms. The van der Waals surface area contributed by atoms with Crippen molar-refractivity contribution < 1.29 is 9.59 Å². The van der Waals surface area contributed by atoms with Gasteiger partial charge in [-0.05, 0) is 18.6 Å². The fourth-order valence-electron chi connectivity index (χ4n) is 1.74. The molecule has 1 aromatic rings. The number of unbranched alkanes of at least 4 members (excludes halogenated alkanes) is 4. The Morgan fingerprint density at radius 2 is 1.67 bits per heavy atom. The van der Waals surface area contributed by atoms with Crippen LogP contribution in [0.3, 0.4) is 0 Å². The van der Waals surface area contributed by atoms with Crippen molar-refractivity contribution in [2.45, 2.75) is 45.4 Å². The molecule has 0 aliphatic rings. The van der Waals surface area contributed by atoms with Crippen LogP contribution in [0.5, 0.6) is 0 Å². The molecule has 0 unspecified atom stereocenters. The zero-order chi connectivity index (χ0) is 13.2. The molecule has 0 saturated carbocycles. The first kappa shape index (κ1) is 14.4. The normalized spacial score (nSPS) is 10.1. The number of hydrogen-bond donors (Lipinski definition) is 1. The third-order valence-electron chi connectivity index (χ3n) is 2.80. The number of rotatable bonds is 7. The summed E-state index contributed by atoms with van der Waals surface area (Å²) in [6, 6.07) is 8.80. The number of imide groups is 1. The van der Waals surface area contributed by atoms with E-state index in [1.165, 1.54) is 12.8 Å². The third kappa shape index (κ3) is 5.62. The van der Waals surface area contributed by atoms with Crippen molar-refractivity contribution in [2.75, 3.05) is 0 Å². The molecule has 0 bridgehead atoms. The van der Waals surface area contributed by atoms with Crippen LogP contribution < -0.4 is 5.32 Å². The second-order valence-electron chi connectivity index (χ2n) is 4.41. The third-order valence-corrected chi connectivity index (χ3v) is 2.80. The largest absolute Gasteiger partial charge is 0.292 e. The van der Waals surface area contributed by atoms with Gasteiger partial charge in [0.2, 0.25) is 5.91 Å². The van der Waals surface area contributed by atoms with E-state index in [4.69, 9.17) is 0 Å². The number of benzene rings is 1. The molecule has 0 aliphatic carbocycles. The molecule has 0 radical (unpaired) electrons. The molecule has 1 N–H and O–H groups in total. The smallest absolute Gasteiger partial charge is 0.257 e. The van der Waals surface area contributed by atoms with Gasteiger partial charge in [-0.25, -0.2) is 0 Å². The van der Waals surface area contributed by atoms with Crippen LogP contribution in [0.25, 0.3) is 0 Å². The minimum absolute atomic E-state index is 0.180. The Bertz CT molecular complexity index is 373. The van der Waals surface area contributed by atoms with E-state index in [0.29, 0.717) is 12.0 Å². The van der Waals surface area contributed by atoms with Gasteiger partial charge in [-0.1, -0.05) is 50.8 Å². The van der Waals surface area contributed by atoms with Crippen LogP contribution in [0.15, 0.2) is 30.3 Å². The van der Waals surface area contributed by atoms with Gasteiger partial charge in [0.05, 0.1) is 0 Å². The van der Waals surface area contributed by atoms with Gasteiger partial charge < -0.3 is 0 Å². The second kappa shape index (κ2) is 8.45. The van der Waals surface area contributed by atoms with Crippen molar-refractivity contribution >= 4 is 11.8 Å². The molecule has 3 heteroatoms. The van der Waals surface area contributed by atoms with Gasteiger partial charge in [0.25, 0.3) is 5.91 Å². The maximum atomic E-state index is 11.7. The van der Waals surface area contributed by atoms with E-state index in [-0.39, 0.29) is 11.8 Å². The Morgan fingerprint density at radius 1 is 1.00 bits per heavy atom. The van der Waals surface area contributed by atoms with Crippen molar-refractivity contribution in [3.05, 3.63) is 35.9 Å². The minimum Gasteiger partial charge on any atom is -0.292 e. The van der Waals surface area contributed by atoms with Crippen LogP contribution >= 0.6 is 0 Å². The average molecular weight is 247 g/mol. The first-order valence-corrected chi connectivity index (χ1v) is 6.63. The fourth-order valence-corrected chi connectivity index (χ4v) is 1.74. The lowest BCUT2D eigenvalue weighted by atomic mass is 10.1. The van der Waals surface area contributed by atoms with Crippen molar-refractivity contribution in [2.24, 2.45) is 0 Å². The molecule has 1 aromatic carbocycles. The van der Waals surface area contributed by atoms with E-state index in [0.717, 1.165) is 19.3 Å². The minimum atomic E-state index is -0.311. The lowest BCUT2D eigenvalue weighted by molar-refractivity contribution is -0.120. The molecule has 2 amide bonds. The van der Waals surface area contributed by atoms with Crippen LogP contribution in [-0.2, 0) is 4.79 Å². The Kier molecular flexibility index (Phi) is 6.77. The second-order valence-corrected chi connectivity index (χ2v) is 4.41. The maximum absolute atomic E-state index is 11.7. The van der Waals surface area contributed by atoms with Crippen molar-refractivity contribution in [1.29, 1.82) is 0 Å². The quantitative estimate of drug-likeness (QED) is 0.751. The van der Waals surface area contributed by atoms with Gasteiger partial charge >= 0.3 is 0 Å². The summed E-state index contributed by atoms with van der Waals surface area (Å²) in [6.07, 6.45) is 5.91.